The van der Waals surface area contributed by atoms with Gasteiger partial charge >= 0.3 is 6.03 Å². The Morgan fingerprint density at radius 2 is 1.61 bits per heavy atom. The first-order chi connectivity index (χ1) is 14.7. The molecule has 6 nitrogen and oxygen atoms in total. The molecule has 0 aliphatic rings. The van der Waals surface area contributed by atoms with Crippen LogP contribution in [-0.2, 0) is 24.8 Å². The van der Waals surface area contributed by atoms with Gasteiger partial charge in [-0.2, -0.15) is 0 Å². The van der Waals surface area contributed by atoms with Crippen molar-refractivity contribution in [3.8, 4) is 0 Å². The second kappa shape index (κ2) is 11.6. The molecule has 0 fully saturated rings. The maximum atomic E-state index is 13.3. The number of hydrogen-bond donors (Lipinski definition) is 1. The highest BCUT2D eigenvalue weighted by Gasteiger charge is 2.23. The van der Waals surface area contributed by atoms with Crippen molar-refractivity contribution in [3.63, 3.8) is 0 Å². The maximum Gasteiger partial charge on any atom is 0.322 e. The molecule has 0 spiro atoms. The summed E-state index contributed by atoms with van der Waals surface area (Å²) in [6.07, 6.45) is 2.81. The molecule has 0 unspecified atom stereocenters. The fourth-order valence-electron chi connectivity index (χ4n) is 3.62. The zero-order valence-corrected chi connectivity index (χ0v) is 19.9. The highest BCUT2D eigenvalue weighted by Crippen LogP contribution is 2.17. The second-order valence-electron chi connectivity index (χ2n) is 8.99. The third-order valence-corrected chi connectivity index (χ3v) is 5.18. The van der Waals surface area contributed by atoms with Crippen molar-refractivity contribution in [2.45, 2.75) is 47.6 Å². The Labute approximate surface area is 187 Å². The number of aromatic nitrogens is 1. The summed E-state index contributed by atoms with van der Waals surface area (Å²) in [7, 11) is 1.98. The zero-order valence-electron chi connectivity index (χ0n) is 19.9. The molecule has 1 aromatic heterocycles. The Hall–Kier alpha value is -2.76. The van der Waals surface area contributed by atoms with Gasteiger partial charge in [-0.3, -0.25) is 4.79 Å². The number of aryl methyl sites for hydroxylation is 2. The van der Waals surface area contributed by atoms with Crippen LogP contribution in [0.15, 0.2) is 42.6 Å². The Morgan fingerprint density at radius 3 is 2.19 bits per heavy atom. The van der Waals surface area contributed by atoms with E-state index in [-0.39, 0.29) is 24.4 Å². The lowest BCUT2D eigenvalue weighted by Crippen LogP contribution is -2.46. The molecule has 2 aromatic rings. The van der Waals surface area contributed by atoms with E-state index < -0.39 is 0 Å². The molecule has 31 heavy (non-hydrogen) atoms. The van der Waals surface area contributed by atoms with Gasteiger partial charge in [-0.25, -0.2) is 4.79 Å². The number of nitrogens with one attached hydrogen (secondary N) is 1. The van der Waals surface area contributed by atoms with Gasteiger partial charge in [-0.05, 0) is 42.0 Å². The van der Waals surface area contributed by atoms with E-state index in [1.165, 1.54) is 0 Å². The van der Waals surface area contributed by atoms with E-state index >= 15 is 0 Å². The predicted molar refractivity (Wildman–Crippen MR) is 127 cm³/mol. The van der Waals surface area contributed by atoms with Gasteiger partial charge in [0.15, 0.2) is 0 Å². The van der Waals surface area contributed by atoms with Gasteiger partial charge in [0.05, 0.1) is 6.54 Å². The predicted octanol–water partition coefficient (Wildman–Crippen LogP) is 4.76. The van der Waals surface area contributed by atoms with Crippen LogP contribution in [0.5, 0.6) is 0 Å². The van der Waals surface area contributed by atoms with Crippen molar-refractivity contribution in [3.05, 3.63) is 53.9 Å². The van der Waals surface area contributed by atoms with E-state index in [1.807, 2.05) is 59.1 Å². The van der Waals surface area contributed by atoms with E-state index in [2.05, 4.69) is 39.9 Å². The molecule has 0 bridgehead atoms. The number of nitrogens with zero attached hydrogens (tertiary/aromatic N) is 3. The number of benzene rings is 1. The van der Waals surface area contributed by atoms with E-state index in [0.717, 1.165) is 23.4 Å². The molecule has 0 aliphatic carbocycles. The minimum absolute atomic E-state index is 0.0329. The number of carbonyl (C=O) groups is 2. The summed E-state index contributed by atoms with van der Waals surface area (Å²) in [6.45, 7) is 12.2. The van der Waals surface area contributed by atoms with Crippen LogP contribution in [-0.4, -0.2) is 45.9 Å². The summed E-state index contributed by atoms with van der Waals surface area (Å²) in [5.74, 6) is 0.564. The topological polar surface area (TPSA) is 57.6 Å². The number of urea groups is 1. The minimum Gasteiger partial charge on any atom is -0.353 e. The average Bonchev–Trinajstić information content (AvgIpc) is 3.11. The van der Waals surface area contributed by atoms with Gasteiger partial charge in [0.2, 0.25) is 5.91 Å². The standard InChI is InChI=1S/C25H38N4O2/c1-7-21-11-8-9-13-23(21)26-25(31)29(16-20(4)5)18-24(30)28(15-19(2)3)17-22-12-10-14-27(22)6/h8-14,19-20H,7,15-18H2,1-6H3,(H,26,31). The lowest BCUT2D eigenvalue weighted by Gasteiger charge is -2.30. The molecule has 0 atom stereocenters. The number of para-hydroxylation sites is 1. The molecule has 1 aromatic carbocycles. The first-order valence-corrected chi connectivity index (χ1v) is 11.2. The number of anilines is 1. The quantitative estimate of drug-likeness (QED) is 0.595. The summed E-state index contributed by atoms with van der Waals surface area (Å²) in [5.41, 5.74) is 2.96. The van der Waals surface area contributed by atoms with Gasteiger partial charge in [-0.1, -0.05) is 52.8 Å². The van der Waals surface area contributed by atoms with Crippen LogP contribution in [0.4, 0.5) is 10.5 Å². The molecule has 6 heteroatoms. The fourth-order valence-corrected chi connectivity index (χ4v) is 3.62. The Balaban J connectivity index is 2.16. The number of amides is 3. The summed E-state index contributed by atoms with van der Waals surface area (Å²) in [6, 6.07) is 11.6. The van der Waals surface area contributed by atoms with Crippen molar-refractivity contribution >= 4 is 17.6 Å². The van der Waals surface area contributed by atoms with Crippen molar-refractivity contribution in [1.29, 1.82) is 0 Å². The molecular formula is C25H38N4O2. The largest absolute Gasteiger partial charge is 0.353 e. The molecule has 3 amide bonds. The normalized spacial score (nSPS) is 11.1. The number of carbonyl (C=O) groups excluding carboxylic acids is 2. The first kappa shape index (κ1) is 24.5. The van der Waals surface area contributed by atoms with E-state index in [0.29, 0.717) is 25.6 Å². The van der Waals surface area contributed by atoms with E-state index in [4.69, 9.17) is 0 Å². The fraction of sp³-hybridized carbons (Fsp3) is 0.520. The van der Waals surface area contributed by atoms with Gasteiger partial charge in [-0.15, -0.1) is 0 Å². The van der Waals surface area contributed by atoms with Gasteiger partial charge in [0.1, 0.15) is 6.54 Å². The second-order valence-corrected chi connectivity index (χ2v) is 8.99. The molecule has 1 heterocycles. The molecule has 1 N–H and O–H groups in total. The Bertz CT molecular complexity index is 857. The van der Waals surface area contributed by atoms with Crippen molar-refractivity contribution in [2.24, 2.45) is 18.9 Å². The Morgan fingerprint density at radius 1 is 0.968 bits per heavy atom. The minimum atomic E-state index is -0.230. The van der Waals surface area contributed by atoms with Gasteiger partial charge in [0, 0.05) is 37.7 Å². The van der Waals surface area contributed by atoms with Gasteiger partial charge < -0.3 is 19.7 Å². The number of hydrogen-bond acceptors (Lipinski definition) is 2. The monoisotopic (exact) mass is 426 g/mol. The number of rotatable bonds is 10. The highest BCUT2D eigenvalue weighted by molar-refractivity contribution is 5.93. The molecule has 0 saturated carbocycles. The van der Waals surface area contributed by atoms with Crippen LogP contribution in [0.25, 0.3) is 0 Å². The van der Waals surface area contributed by atoms with Crippen LogP contribution >= 0.6 is 0 Å². The van der Waals surface area contributed by atoms with Gasteiger partial charge in [0.25, 0.3) is 0 Å². The maximum absolute atomic E-state index is 13.3. The van der Waals surface area contributed by atoms with Crippen LogP contribution in [0.1, 0.15) is 45.9 Å². The molecule has 0 radical (unpaired) electrons. The van der Waals surface area contributed by atoms with Crippen LogP contribution in [0.2, 0.25) is 0 Å². The lowest BCUT2D eigenvalue weighted by molar-refractivity contribution is -0.133. The first-order valence-electron chi connectivity index (χ1n) is 11.2. The molecule has 2 rings (SSSR count). The smallest absolute Gasteiger partial charge is 0.322 e. The Kier molecular flexibility index (Phi) is 9.16. The SMILES string of the molecule is CCc1ccccc1NC(=O)N(CC(=O)N(Cc1cccn1C)CC(C)C)CC(C)C. The summed E-state index contributed by atoms with van der Waals surface area (Å²) >= 11 is 0. The summed E-state index contributed by atoms with van der Waals surface area (Å²) < 4.78 is 2.03. The van der Waals surface area contributed by atoms with Crippen molar-refractivity contribution < 1.29 is 9.59 Å². The molecular weight excluding hydrogens is 388 g/mol. The molecule has 0 saturated heterocycles. The summed E-state index contributed by atoms with van der Waals surface area (Å²) in [4.78, 5) is 29.9. The van der Waals surface area contributed by atoms with E-state index in [9.17, 15) is 9.59 Å². The lowest BCUT2D eigenvalue weighted by atomic mass is 10.1. The van der Waals surface area contributed by atoms with Crippen LogP contribution in [0, 0.1) is 11.8 Å². The van der Waals surface area contributed by atoms with Crippen LogP contribution < -0.4 is 5.32 Å². The molecule has 0 aliphatic heterocycles. The van der Waals surface area contributed by atoms with Crippen molar-refractivity contribution in [1.82, 2.24) is 14.4 Å². The third kappa shape index (κ3) is 7.46. The zero-order chi connectivity index (χ0) is 23.0. The average molecular weight is 427 g/mol. The van der Waals surface area contributed by atoms with Crippen molar-refractivity contribution in [2.75, 3.05) is 25.0 Å². The third-order valence-electron chi connectivity index (χ3n) is 5.18. The summed E-state index contributed by atoms with van der Waals surface area (Å²) in [5, 5.41) is 3.02. The molecule has 170 valence electrons. The van der Waals surface area contributed by atoms with Crippen LogP contribution in [0.3, 0.4) is 0 Å². The highest BCUT2D eigenvalue weighted by atomic mass is 16.2. The van der Waals surface area contributed by atoms with E-state index in [1.54, 1.807) is 4.90 Å².